The maximum Gasteiger partial charge on any atom is 0.206 e. The first-order valence-electron chi connectivity index (χ1n) is 6.09. The van der Waals surface area contributed by atoms with Crippen molar-refractivity contribution in [3.05, 3.63) is 0 Å². The van der Waals surface area contributed by atoms with E-state index in [9.17, 15) is 19.5 Å². The second-order valence-corrected chi connectivity index (χ2v) is 11.5. The molecule has 0 aromatic heterocycles. The van der Waals surface area contributed by atoms with Gasteiger partial charge in [-0.15, -0.1) is 0 Å². The molecule has 1 heterocycles. The SMILES string of the molecule is B[C@@H]1O[C@H](CCP(=O)(O)CP(=C)(C)O)C(O)[C@@H]1C. The molecular weight excluding hydrogens is 273 g/mol. The summed E-state index contributed by atoms with van der Waals surface area (Å²) in [6, 6.07) is -0.0356. The summed E-state index contributed by atoms with van der Waals surface area (Å²) in [6.07, 6.45) is 2.95. The molecule has 5 nitrogen and oxygen atoms in total. The molecule has 106 valence electrons. The lowest BCUT2D eigenvalue weighted by Crippen LogP contribution is -2.26. The number of rotatable bonds is 5. The summed E-state index contributed by atoms with van der Waals surface area (Å²) in [5, 5.41) is 9.91. The zero-order chi connectivity index (χ0) is 14.1. The first-order chi connectivity index (χ1) is 8.02. The summed E-state index contributed by atoms with van der Waals surface area (Å²) >= 11 is 0. The normalized spacial score (nSPS) is 39.2. The summed E-state index contributed by atoms with van der Waals surface area (Å²) in [7, 11) is -4.00. The number of ether oxygens (including phenoxy) is 1. The Morgan fingerprint density at radius 2 is 2.00 bits per heavy atom. The molecule has 0 bridgehead atoms. The van der Waals surface area contributed by atoms with Gasteiger partial charge >= 0.3 is 0 Å². The van der Waals surface area contributed by atoms with E-state index in [0.29, 0.717) is 6.42 Å². The van der Waals surface area contributed by atoms with Gasteiger partial charge in [-0.25, -0.2) is 0 Å². The van der Waals surface area contributed by atoms with Crippen LogP contribution in [0.1, 0.15) is 13.3 Å². The minimum atomic E-state index is -3.39. The van der Waals surface area contributed by atoms with Crippen LogP contribution in [0.4, 0.5) is 0 Å². The first-order valence-corrected chi connectivity index (χ1v) is 10.7. The van der Waals surface area contributed by atoms with Crippen LogP contribution < -0.4 is 0 Å². The van der Waals surface area contributed by atoms with E-state index in [4.69, 9.17) is 4.74 Å². The van der Waals surface area contributed by atoms with E-state index >= 15 is 0 Å². The van der Waals surface area contributed by atoms with Gasteiger partial charge in [0.15, 0.2) is 0 Å². The summed E-state index contributed by atoms with van der Waals surface area (Å²) in [5.74, 6) is -0.0926. The molecule has 0 spiro atoms. The Hall–Kier alpha value is 0.435. The van der Waals surface area contributed by atoms with Crippen molar-refractivity contribution in [3.8, 4) is 0 Å². The molecule has 0 amide bonds. The zero-order valence-electron chi connectivity index (χ0n) is 11.2. The van der Waals surface area contributed by atoms with E-state index in [1.807, 2.05) is 14.8 Å². The second kappa shape index (κ2) is 5.82. The second-order valence-electron chi connectivity index (χ2n) is 5.57. The van der Waals surface area contributed by atoms with Crippen LogP contribution in [-0.4, -0.2) is 66.0 Å². The Morgan fingerprint density at radius 3 is 2.39 bits per heavy atom. The molecule has 1 aliphatic rings. The number of aliphatic hydroxyl groups excluding tert-OH is 1. The highest BCUT2D eigenvalue weighted by molar-refractivity contribution is 7.80. The summed E-state index contributed by atoms with van der Waals surface area (Å²) in [6.45, 7) is 3.42. The van der Waals surface area contributed by atoms with Gasteiger partial charge in [0, 0.05) is 25.2 Å². The topological polar surface area (TPSA) is 87.0 Å². The highest BCUT2D eigenvalue weighted by Gasteiger charge is 2.38. The molecule has 1 rings (SSSR count). The van der Waals surface area contributed by atoms with Gasteiger partial charge in [0.2, 0.25) is 7.37 Å². The summed E-state index contributed by atoms with van der Waals surface area (Å²) in [5.41, 5.74) is 0. The minimum absolute atomic E-state index is 0.0356. The van der Waals surface area contributed by atoms with Gasteiger partial charge in [0.1, 0.15) is 7.85 Å². The van der Waals surface area contributed by atoms with Crippen molar-refractivity contribution in [3.63, 3.8) is 0 Å². The van der Waals surface area contributed by atoms with Crippen LogP contribution in [0.15, 0.2) is 0 Å². The third-order valence-electron chi connectivity index (χ3n) is 3.34. The molecule has 0 aliphatic carbocycles. The molecule has 0 aromatic carbocycles. The van der Waals surface area contributed by atoms with Gasteiger partial charge in [0.25, 0.3) is 0 Å². The highest BCUT2D eigenvalue weighted by Crippen LogP contribution is 2.55. The molecule has 1 saturated heterocycles. The lowest BCUT2D eigenvalue weighted by Gasteiger charge is -2.20. The molecular formula is C10H23BO5P2. The van der Waals surface area contributed by atoms with Gasteiger partial charge in [-0.2, -0.15) is 0 Å². The third kappa shape index (κ3) is 4.84. The molecule has 0 saturated carbocycles. The van der Waals surface area contributed by atoms with Crippen LogP contribution in [0.3, 0.4) is 0 Å². The molecule has 0 aromatic rings. The molecule has 3 unspecified atom stereocenters. The average molecular weight is 296 g/mol. The smallest absolute Gasteiger partial charge is 0.206 e. The fraction of sp³-hybridized carbons (Fsp3) is 0.900. The zero-order valence-corrected chi connectivity index (χ0v) is 13.0. The summed E-state index contributed by atoms with van der Waals surface area (Å²) < 4.78 is 17.5. The molecule has 1 fully saturated rings. The van der Waals surface area contributed by atoms with Crippen LogP contribution in [-0.2, 0) is 9.30 Å². The number of aliphatic hydroxyl groups is 1. The molecule has 8 heteroatoms. The highest BCUT2D eigenvalue weighted by atomic mass is 31.2. The minimum Gasteiger partial charge on any atom is -0.390 e. The molecule has 3 N–H and O–H groups in total. The Bertz CT molecular complexity index is 382. The van der Waals surface area contributed by atoms with Gasteiger partial charge in [-0.05, 0) is 13.1 Å². The van der Waals surface area contributed by atoms with Crippen molar-refractivity contribution in [1.82, 2.24) is 0 Å². The van der Waals surface area contributed by atoms with Crippen molar-refractivity contribution < 1.29 is 24.2 Å². The van der Waals surface area contributed by atoms with Crippen LogP contribution in [0.2, 0.25) is 0 Å². The fourth-order valence-electron chi connectivity index (χ4n) is 2.21. The van der Waals surface area contributed by atoms with Crippen LogP contribution in [0.25, 0.3) is 0 Å². The Kier molecular flexibility index (Phi) is 5.34. The maximum atomic E-state index is 11.9. The van der Waals surface area contributed by atoms with Crippen molar-refractivity contribution in [1.29, 1.82) is 0 Å². The lowest BCUT2D eigenvalue weighted by atomic mass is 9.86. The quantitative estimate of drug-likeness (QED) is 0.489. The Morgan fingerprint density at radius 1 is 1.44 bits per heavy atom. The van der Waals surface area contributed by atoms with E-state index in [-0.39, 0.29) is 30.1 Å². The molecule has 1 aliphatic heterocycles. The van der Waals surface area contributed by atoms with Gasteiger partial charge < -0.3 is 19.6 Å². The lowest BCUT2D eigenvalue weighted by molar-refractivity contribution is 0.0297. The monoisotopic (exact) mass is 296 g/mol. The van der Waals surface area contributed by atoms with E-state index < -0.39 is 20.6 Å². The largest absolute Gasteiger partial charge is 0.390 e. The first kappa shape index (κ1) is 16.5. The van der Waals surface area contributed by atoms with Crippen molar-refractivity contribution in [2.75, 3.05) is 18.7 Å². The third-order valence-corrected chi connectivity index (χ3v) is 8.50. The van der Waals surface area contributed by atoms with Crippen molar-refractivity contribution in [2.45, 2.75) is 31.6 Å². The van der Waals surface area contributed by atoms with Crippen molar-refractivity contribution in [2.24, 2.45) is 5.92 Å². The van der Waals surface area contributed by atoms with Gasteiger partial charge in [0.05, 0.1) is 18.1 Å². The predicted molar refractivity (Wildman–Crippen MR) is 78.7 cm³/mol. The number of hydrogen-bond acceptors (Lipinski definition) is 4. The summed E-state index contributed by atoms with van der Waals surface area (Å²) in [4.78, 5) is 19.3. The molecule has 0 radical (unpaired) electrons. The van der Waals surface area contributed by atoms with Crippen LogP contribution in [0, 0.1) is 5.92 Å². The average Bonchev–Trinajstić information content (AvgIpc) is 2.39. The van der Waals surface area contributed by atoms with E-state index in [1.54, 1.807) is 0 Å². The van der Waals surface area contributed by atoms with Gasteiger partial charge in [-0.3, -0.25) is 4.57 Å². The van der Waals surface area contributed by atoms with Crippen molar-refractivity contribution >= 4 is 28.6 Å². The van der Waals surface area contributed by atoms with E-state index in [2.05, 4.69) is 6.30 Å². The molecule has 18 heavy (non-hydrogen) atoms. The van der Waals surface area contributed by atoms with E-state index in [1.165, 1.54) is 6.66 Å². The maximum absolute atomic E-state index is 11.9. The van der Waals surface area contributed by atoms with Crippen LogP contribution >= 0.6 is 14.5 Å². The Labute approximate surface area is 109 Å². The predicted octanol–water partition coefficient (Wildman–Crippen LogP) is -0.0539. The Balaban J connectivity index is 2.51. The van der Waals surface area contributed by atoms with E-state index in [0.717, 1.165) is 0 Å². The molecule has 6 atom stereocenters. The number of hydrogen-bond donors (Lipinski definition) is 3. The fourth-order valence-corrected chi connectivity index (χ4v) is 7.24. The van der Waals surface area contributed by atoms with Crippen LogP contribution in [0.5, 0.6) is 0 Å². The van der Waals surface area contributed by atoms with Gasteiger partial charge in [-0.1, -0.05) is 13.2 Å². The standard InChI is InChI=1S/C10H23BO5P2/c1-7-9(12)8(16-10(7)11)4-5-18(14,15)6-17(2,3)13/h7-10,12-13H,2,4-6,11H2,1,3H3,(H,14,15)/t7-,8+,9?,10+,17?/m0/s1.